The van der Waals surface area contributed by atoms with E-state index in [-0.39, 0.29) is 0 Å². The van der Waals surface area contributed by atoms with Crippen LogP contribution in [-0.2, 0) is 0 Å². The Bertz CT molecular complexity index is 626. The average Bonchev–Trinajstić information content (AvgIpc) is 2.50. The Morgan fingerprint density at radius 3 is 2.13 bits per heavy atom. The molecule has 4 nitrogen and oxygen atoms in total. The van der Waals surface area contributed by atoms with Crippen LogP contribution >= 0.6 is 0 Å². The molecule has 0 aliphatic carbocycles. The third-order valence-electron chi connectivity index (χ3n) is 3.87. The van der Waals surface area contributed by atoms with E-state index >= 15 is 0 Å². The first-order chi connectivity index (χ1) is 11.0. The maximum atomic E-state index is 4.75. The van der Waals surface area contributed by atoms with E-state index in [0.717, 1.165) is 43.1 Å². The molecule has 0 saturated carbocycles. The number of anilines is 3. The molecule has 0 spiro atoms. The predicted molar refractivity (Wildman–Crippen MR) is 98.8 cm³/mol. The van der Waals surface area contributed by atoms with Crippen molar-refractivity contribution in [1.29, 1.82) is 0 Å². The van der Waals surface area contributed by atoms with Crippen LogP contribution in [0.15, 0.2) is 24.3 Å². The molecular weight excluding hydrogens is 284 g/mol. The normalized spacial score (nSPS) is 10.7. The highest BCUT2D eigenvalue weighted by molar-refractivity contribution is 5.63. The van der Waals surface area contributed by atoms with E-state index in [9.17, 15) is 0 Å². The molecule has 2 rings (SSSR count). The average molecular weight is 312 g/mol. The van der Waals surface area contributed by atoms with E-state index in [2.05, 4.69) is 67.2 Å². The number of aryl methyl sites for hydroxylation is 3. The Morgan fingerprint density at radius 1 is 0.957 bits per heavy atom. The second-order valence-corrected chi connectivity index (χ2v) is 6.07. The predicted octanol–water partition coefficient (Wildman–Crippen LogP) is 4.77. The van der Waals surface area contributed by atoms with Gasteiger partial charge in [0.05, 0.1) is 0 Å². The maximum Gasteiger partial charge on any atom is 0.229 e. The van der Waals surface area contributed by atoms with Gasteiger partial charge in [0.1, 0.15) is 5.82 Å². The number of rotatable bonds is 7. The zero-order valence-corrected chi connectivity index (χ0v) is 15.0. The van der Waals surface area contributed by atoms with E-state index in [1.54, 1.807) is 0 Å². The summed E-state index contributed by atoms with van der Waals surface area (Å²) in [5.41, 5.74) is 4.49. The van der Waals surface area contributed by atoms with Crippen LogP contribution in [0.1, 0.15) is 43.5 Å². The Morgan fingerprint density at radius 2 is 1.57 bits per heavy atom. The van der Waals surface area contributed by atoms with Gasteiger partial charge in [-0.2, -0.15) is 4.98 Å². The fourth-order valence-electron chi connectivity index (χ4n) is 2.77. The van der Waals surface area contributed by atoms with Gasteiger partial charge in [-0.05, 0) is 44.7 Å². The van der Waals surface area contributed by atoms with Crippen LogP contribution in [0.25, 0.3) is 0 Å². The Kier molecular flexibility index (Phi) is 5.97. The summed E-state index contributed by atoms with van der Waals surface area (Å²) in [4.78, 5) is 11.7. The van der Waals surface area contributed by atoms with Gasteiger partial charge >= 0.3 is 0 Å². The molecule has 1 N–H and O–H groups in total. The number of para-hydroxylation sites is 1. The van der Waals surface area contributed by atoms with Gasteiger partial charge in [-0.3, -0.25) is 0 Å². The van der Waals surface area contributed by atoms with E-state index in [1.807, 2.05) is 6.92 Å². The molecule has 0 amide bonds. The van der Waals surface area contributed by atoms with Crippen molar-refractivity contribution < 1.29 is 0 Å². The van der Waals surface area contributed by atoms with Crippen molar-refractivity contribution in [1.82, 2.24) is 9.97 Å². The first-order valence-electron chi connectivity index (χ1n) is 8.49. The van der Waals surface area contributed by atoms with E-state index in [0.29, 0.717) is 5.95 Å². The minimum atomic E-state index is 0.676. The van der Waals surface area contributed by atoms with Crippen LogP contribution in [0.2, 0.25) is 0 Å². The lowest BCUT2D eigenvalue weighted by molar-refractivity contribution is 0.732. The summed E-state index contributed by atoms with van der Waals surface area (Å²) in [5, 5.41) is 3.41. The molecule has 1 aromatic heterocycles. The summed E-state index contributed by atoms with van der Waals surface area (Å²) in [6.45, 7) is 12.7. The lowest BCUT2D eigenvalue weighted by atomic mass is 10.1. The first kappa shape index (κ1) is 17.3. The number of nitrogens with one attached hydrogen (secondary N) is 1. The number of benzene rings is 1. The third-order valence-corrected chi connectivity index (χ3v) is 3.87. The fraction of sp³-hybridized carbons (Fsp3) is 0.474. The Labute approximate surface area is 140 Å². The van der Waals surface area contributed by atoms with Gasteiger partial charge in [-0.1, -0.05) is 32.0 Å². The van der Waals surface area contributed by atoms with Crippen LogP contribution in [0.3, 0.4) is 0 Å². The van der Waals surface area contributed by atoms with Crippen LogP contribution in [0.4, 0.5) is 17.5 Å². The second-order valence-electron chi connectivity index (χ2n) is 6.07. The minimum Gasteiger partial charge on any atom is -0.356 e. The molecule has 0 radical (unpaired) electrons. The first-order valence-corrected chi connectivity index (χ1v) is 8.49. The Balaban J connectivity index is 2.33. The number of hydrogen-bond acceptors (Lipinski definition) is 4. The van der Waals surface area contributed by atoms with Gasteiger partial charge < -0.3 is 10.2 Å². The lowest BCUT2D eigenvalue weighted by Crippen LogP contribution is -2.26. The summed E-state index contributed by atoms with van der Waals surface area (Å²) in [5.74, 6) is 1.68. The fourth-order valence-corrected chi connectivity index (χ4v) is 2.77. The molecule has 0 aliphatic heterocycles. The highest BCUT2D eigenvalue weighted by atomic mass is 15.2. The van der Waals surface area contributed by atoms with Gasteiger partial charge in [0.15, 0.2) is 0 Å². The lowest BCUT2D eigenvalue weighted by Gasteiger charge is -2.23. The molecule has 0 saturated heterocycles. The zero-order chi connectivity index (χ0) is 16.8. The van der Waals surface area contributed by atoms with Crippen molar-refractivity contribution >= 4 is 17.5 Å². The standard InChI is InChI=1S/C19H28N4/c1-6-11-23(12-7-2)17-13-16(5)20-19(21-17)22-18-14(3)9-8-10-15(18)4/h8-10,13H,6-7,11-12H2,1-5H3,(H,20,21,22). The monoisotopic (exact) mass is 312 g/mol. The molecule has 0 unspecified atom stereocenters. The summed E-state index contributed by atoms with van der Waals surface area (Å²) >= 11 is 0. The smallest absolute Gasteiger partial charge is 0.229 e. The third kappa shape index (κ3) is 4.44. The number of aromatic nitrogens is 2. The summed E-state index contributed by atoms with van der Waals surface area (Å²) < 4.78 is 0. The second kappa shape index (κ2) is 7.95. The molecule has 0 atom stereocenters. The van der Waals surface area contributed by atoms with Crippen molar-refractivity contribution in [2.75, 3.05) is 23.3 Å². The largest absolute Gasteiger partial charge is 0.356 e. The van der Waals surface area contributed by atoms with Gasteiger partial charge in [-0.15, -0.1) is 0 Å². The van der Waals surface area contributed by atoms with Crippen molar-refractivity contribution in [2.45, 2.75) is 47.5 Å². The molecule has 23 heavy (non-hydrogen) atoms. The quantitative estimate of drug-likeness (QED) is 0.799. The highest BCUT2D eigenvalue weighted by Crippen LogP contribution is 2.24. The van der Waals surface area contributed by atoms with Crippen LogP contribution < -0.4 is 10.2 Å². The summed E-state index contributed by atoms with van der Waals surface area (Å²) in [6.07, 6.45) is 2.23. The van der Waals surface area contributed by atoms with E-state index in [4.69, 9.17) is 4.98 Å². The number of hydrogen-bond donors (Lipinski definition) is 1. The Hall–Kier alpha value is -2.10. The molecule has 0 aliphatic rings. The van der Waals surface area contributed by atoms with Crippen LogP contribution in [-0.4, -0.2) is 23.1 Å². The summed E-state index contributed by atoms with van der Waals surface area (Å²) in [6, 6.07) is 8.35. The van der Waals surface area contributed by atoms with Gasteiger partial charge in [-0.25, -0.2) is 4.98 Å². The van der Waals surface area contributed by atoms with E-state index < -0.39 is 0 Å². The SMILES string of the molecule is CCCN(CCC)c1cc(C)nc(Nc2c(C)cccc2C)n1. The van der Waals surface area contributed by atoms with Crippen molar-refractivity contribution in [3.63, 3.8) is 0 Å². The minimum absolute atomic E-state index is 0.676. The van der Waals surface area contributed by atoms with Crippen LogP contribution in [0.5, 0.6) is 0 Å². The molecule has 124 valence electrons. The molecule has 4 heteroatoms. The summed E-state index contributed by atoms with van der Waals surface area (Å²) in [7, 11) is 0. The number of nitrogens with zero attached hydrogens (tertiary/aromatic N) is 3. The van der Waals surface area contributed by atoms with Crippen LogP contribution in [0, 0.1) is 20.8 Å². The molecule has 0 bridgehead atoms. The van der Waals surface area contributed by atoms with E-state index in [1.165, 1.54) is 11.1 Å². The molecule has 0 fully saturated rings. The van der Waals surface area contributed by atoms with Gasteiger partial charge in [0, 0.05) is 30.5 Å². The highest BCUT2D eigenvalue weighted by Gasteiger charge is 2.11. The van der Waals surface area contributed by atoms with Gasteiger partial charge in [0.2, 0.25) is 5.95 Å². The topological polar surface area (TPSA) is 41.1 Å². The zero-order valence-electron chi connectivity index (χ0n) is 15.0. The molecule has 1 aromatic carbocycles. The van der Waals surface area contributed by atoms with Crippen molar-refractivity contribution in [2.24, 2.45) is 0 Å². The maximum absolute atomic E-state index is 4.75. The molecule has 2 aromatic rings. The van der Waals surface area contributed by atoms with Crippen molar-refractivity contribution in [3.8, 4) is 0 Å². The van der Waals surface area contributed by atoms with Gasteiger partial charge in [0.25, 0.3) is 0 Å². The molecule has 1 heterocycles. The molecular formula is C19H28N4. The van der Waals surface area contributed by atoms with Crippen molar-refractivity contribution in [3.05, 3.63) is 41.1 Å².